The fourth-order valence-corrected chi connectivity index (χ4v) is 1.94. The van der Waals surface area contributed by atoms with Crippen LogP contribution in [0.2, 0.25) is 5.02 Å². The summed E-state index contributed by atoms with van der Waals surface area (Å²) in [6.45, 7) is 10.1. The van der Waals surface area contributed by atoms with Gasteiger partial charge in [0.05, 0.1) is 5.56 Å². The largest absolute Gasteiger partial charge is 0.384 e. The smallest absolute Gasteiger partial charge is 0.253 e. The quantitative estimate of drug-likeness (QED) is 0.820. The van der Waals surface area contributed by atoms with Crippen molar-refractivity contribution in [3.8, 4) is 0 Å². The maximum Gasteiger partial charge on any atom is 0.253 e. The molecule has 2 N–H and O–H groups in total. The molecule has 1 aromatic carbocycles. The van der Waals surface area contributed by atoms with Crippen molar-refractivity contribution < 1.29 is 4.79 Å². The van der Waals surface area contributed by atoms with Gasteiger partial charge in [-0.15, -0.1) is 0 Å². The second-order valence-electron chi connectivity index (χ2n) is 6.18. The number of amides is 1. The van der Waals surface area contributed by atoms with E-state index in [1.165, 1.54) is 0 Å². The zero-order valence-corrected chi connectivity index (χ0v) is 13.6. The maximum atomic E-state index is 12.3. The molecule has 0 aliphatic heterocycles. The summed E-state index contributed by atoms with van der Waals surface area (Å²) in [5, 5.41) is 6.80. The third-order valence-corrected chi connectivity index (χ3v) is 3.19. The molecule has 112 valence electrons. The Balaban J connectivity index is 2.72. The maximum absolute atomic E-state index is 12.3. The lowest BCUT2D eigenvalue weighted by atomic mass is 9.92. The highest BCUT2D eigenvalue weighted by atomic mass is 35.5. The summed E-state index contributed by atoms with van der Waals surface area (Å²) in [5.41, 5.74) is 1.66. The van der Waals surface area contributed by atoms with Crippen molar-refractivity contribution in [3.63, 3.8) is 0 Å². The molecule has 1 aromatic rings. The molecule has 0 saturated heterocycles. The van der Waals surface area contributed by atoms with Crippen LogP contribution in [0.15, 0.2) is 18.2 Å². The minimum atomic E-state index is -0.0737. The number of carbonyl (C=O) groups excluding carboxylic acids is 1. The fourth-order valence-electron chi connectivity index (χ4n) is 1.76. The van der Waals surface area contributed by atoms with Crippen LogP contribution in [0.5, 0.6) is 0 Å². The van der Waals surface area contributed by atoms with E-state index in [1.54, 1.807) is 12.1 Å². The summed E-state index contributed by atoms with van der Waals surface area (Å²) >= 11 is 5.99. The molecule has 0 saturated carbocycles. The SMILES string of the molecule is CCCNc1ccc(Cl)cc1C(=O)NCCC(C)(C)C. The number of carbonyl (C=O) groups is 1. The summed E-state index contributed by atoms with van der Waals surface area (Å²) < 4.78 is 0. The first-order chi connectivity index (χ1) is 9.33. The van der Waals surface area contributed by atoms with Crippen molar-refractivity contribution in [2.75, 3.05) is 18.4 Å². The topological polar surface area (TPSA) is 41.1 Å². The van der Waals surface area contributed by atoms with Crippen molar-refractivity contribution in [3.05, 3.63) is 28.8 Å². The van der Waals surface area contributed by atoms with Crippen LogP contribution < -0.4 is 10.6 Å². The molecular formula is C16H25ClN2O. The van der Waals surface area contributed by atoms with Gasteiger partial charge in [0, 0.05) is 23.8 Å². The molecule has 1 rings (SSSR count). The predicted octanol–water partition coefficient (Wildman–Crippen LogP) is 4.33. The standard InChI is InChI=1S/C16H25ClN2O/c1-5-9-18-14-7-6-12(17)11-13(14)15(20)19-10-8-16(2,3)4/h6-7,11,18H,5,8-10H2,1-4H3,(H,19,20). The molecule has 0 aliphatic carbocycles. The Morgan fingerprint density at radius 2 is 1.95 bits per heavy atom. The molecule has 0 heterocycles. The third kappa shape index (κ3) is 5.83. The van der Waals surface area contributed by atoms with Crippen LogP contribution in [0.25, 0.3) is 0 Å². The van der Waals surface area contributed by atoms with Gasteiger partial charge >= 0.3 is 0 Å². The average Bonchev–Trinajstić information content (AvgIpc) is 2.35. The summed E-state index contributed by atoms with van der Waals surface area (Å²) in [4.78, 5) is 12.3. The summed E-state index contributed by atoms with van der Waals surface area (Å²) in [7, 11) is 0. The monoisotopic (exact) mass is 296 g/mol. The minimum Gasteiger partial charge on any atom is -0.384 e. The zero-order chi connectivity index (χ0) is 15.2. The second kappa shape index (κ2) is 7.53. The predicted molar refractivity (Wildman–Crippen MR) is 86.6 cm³/mol. The van der Waals surface area contributed by atoms with E-state index >= 15 is 0 Å². The summed E-state index contributed by atoms with van der Waals surface area (Å²) in [5.74, 6) is -0.0737. The summed E-state index contributed by atoms with van der Waals surface area (Å²) in [6.07, 6.45) is 1.95. The van der Waals surface area contributed by atoms with E-state index in [4.69, 9.17) is 11.6 Å². The molecule has 0 aliphatic rings. The Morgan fingerprint density at radius 1 is 1.25 bits per heavy atom. The number of hydrogen-bond donors (Lipinski definition) is 2. The van der Waals surface area contributed by atoms with Gasteiger partial charge in [-0.05, 0) is 36.5 Å². The average molecular weight is 297 g/mol. The van der Waals surface area contributed by atoms with Crippen LogP contribution in [0.4, 0.5) is 5.69 Å². The first kappa shape index (κ1) is 16.8. The van der Waals surface area contributed by atoms with E-state index in [9.17, 15) is 4.79 Å². The Morgan fingerprint density at radius 3 is 2.55 bits per heavy atom. The normalized spacial score (nSPS) is 11.2. The van der Waals surface area contributed by atoms with Gasteiger partial charge < -0.3 is 10.6 Å². The van der Waals surface area contributed by atoms with Gasteiger partial charge in [0.15, 0.2) is 0 Å². The lowest BCUT2D eigenvalue weighted by Gasteiger charge is -2.18. The molecule has 0 unspecified atom stereocenters. The van der Waals surface area contributed by atoms with Crippen LogP contribution >= 0.6 is 11.6 Å². The van der Waals surface area contributed by atoms with Crippen LogP contribution in [0, 0.1) is 5.41 Å². The lowest BCUT2D eigenvalue weighted by molar-refractivity contribution is 0.0950. The molecule has 0 fully saturated rings. The number of nitrogens with one attached hydrogen (secondary N) is 2. The van der Waals surface area contributed by atoms with Crippen molar-refractivity contribution in [1.29, 1.82) is 0 Å². The van der Waals surface area contributed by atoms with Gasteiger partial charge in [-0.1, -0.05) is 39.3 Å². The Kier molecular flexibility index (Phi) is 6.34. The Labute approximate surface area is 127 Å². The van der Waals surface area contributed by atoms with Crippen molar-refractivity contribution in [1.82, 2.24) is 5.32 Å². The number of anilines is 1. The highest BCUT2D eigenvalue weighted by molar-refractivity contribution is 6.31. The molecule has 0 aromatic heterocycles. The molecule has 0 radical (unpaired) electrons. The van der Waals surface area contributed by atoms with E-state index in [0.717, 1.165) is 25.1 Å². The van der Waals surface area contributed by atoms with E-state index in [-0.39, 0.29) is 11.3 Å². The van der Waals surface area contributed by atoms with Crippen molar-refractivity contribution in [2.24, 2.45) is 5.41 Å². The van der Waals surface area contributed by atoms with E-state index in [0.29, 0.717) is 17.1 Å². The van der Waals surface area contributed by atoms with Gasteiger partial charge in [0.25, 0.3) is 5.91 Å². The Bertz CT molecular complexity index is 452. The number of halogens is 1. The van der Waals surface area contributed by atoms with Crippen molar-refractivity contribution in [2.45, 2.75) is 40.5 Å². The van der Waals surface area contributed by atoms with Gasteiger partial charge in [-0.3, -0.25) is 4.79 Å². The van der Waals surface area contributed by atoms with Gasteiger partial charge in [-0.2, -0.15) is 0 Å². The van der Waals surface area contributed by atoms with E-state index < -0.39 is 0 Å². The number of benzene rings is 1. The lowest BCUT2D eigenvalue weighted by Crippen LogP contribution is -2.28. The van der Waals surface area contributed by atoms with Gasteiger partial charge in [-0.25, -0.2) is 0 Å². The highest BCUT2D eigenvalue weighted by Crippen LogP contribution is 2.21. The Hall–Kier alpha value is -1.22. The molecule has 3 nitrogen and oxygen atoms in total. The van der Waals surface area contributed by atoms with E-state index in [1.807, 2.05) is 6.07 Å². The van der Waals surface area contributed by atoms with E-state index in [2.05, 4.69) is 38.3 Å². The molecule has 4 heteroatoms. The second-order valence-corrected chi connectivity index (χ2v) is 6.62. The molecule has 0 bridgehead atoms. The minimum absolute atomic E-state index is 0.0737. The first-order valence-corrected chi connectivity index (χ1v) is 7.53. The molecule has 1 amide bonds. The molecular weight excluding hydrogens is 272 g/mol. The highest BCUT2D eigenvalue weighted by Gasteiger charge is 2.14. The van der Waals surface area contributed by atoms with Crippen molar-refractivity contribution >= 4 is 23.2 Å². The fraction of sp³-hybridized carbons (Fsp3) is 0.562. The van der Waals surface area contributed by atoms with Crippen LogP contribution in [0.1, 0.15) is 50.9 Å². The van der Waals surface area contributed by atoms with Crippen LogP contribution in [0.3, 0.4) is 0 Å². The molecule has 0 spiro atoms. The number of hydrogen-bond acceptors (Lipinski definition) is 2. The number of rotatable bonds is 6. The van der Waals surface area contributed by atoms with Crippen LogP contribution in [-0.2, 0) is 0 Å². The molecule has 20 heavy (non-hydrogen) atoms. The first-order valence-electron chi connectivity index (χ1n) is 7.15. The van der Waals surface area contributed by atoms with Crippen LogP contribution in [-0.4, -0.2) is 19.0 Å². The molecule has 0 atom stereocenters. The summed E-state index contributed by atoms with van der Waals surface area (Å²) in [6, 6.07) is 5.37. The van der Waals surface area contributed by atoms with Gasteiger partial charge in [0.2, 0.25) is 0 Å². The van der Waals surface area contributed by atoms with Gasteiger partial charge in [0.1, 0.15) is 0 Å². The third-order valence-electron chi connectivity index (χ3n) is 2.95. The zero-order valence-electron chi connectivity index (χ0n) is 12.8.